The van der Waals surface area contributed by atoms with E-state index >= 15 is 0 Å². The second-order valence-electron chi connectivity index (χ2n) is 5.55. The first-order valence-electron chi connectivity index (χ1n) is 6.73. The second kappa shape index (κ2) is 4.55. The zero-order valence-electron chi connectivity index (χ0n) is 11.4. The van der Waals surface area contributed by atoms with Crippen molar-refractivity contribution in [2.24, 2.45) is 0 Å². The summed E-state index contributed by atoms with van der Waals surface area (Å²) in [6, 6.07) is 26.0. The molecule has 0 saturated heterocycles. The Labute approximate surface area is 114 Å². The van der Waals surface area contributed by atoms with Crippen molar-refractivity contribution in [3.8, 4) is 0 Å². The molecule has 0 nitrogen and oxygen atoms in total. The van der Waals surface area contributed by atoms with Crippen LogP contribution < -0.4 is 0 Å². The summed E-state index contributed by atoms with van der Waals surface area (Å²) in [5, 5.41) is 2.61. The third-order valence-electron chi connectivity index (χ3n) is 3.97. The van der Waals surface area contributed by atoms with Crippen molar-refractivity contribution in [3.05, 3.63) is 83.9 Å². The van der Waals surface area contributed by atoms with Gasteiger partial charge in [-0.15, -0.1) is 0 Å². The van der Waals surface area contributed by atoms with Gasteiger partial charge in [-0.2, -0.15) is 0 Å². The smallest absolute Gasteiger partial charge is 0.0146 e. The Bertz CT molecular complexity index is 693. The lowest BCUT2D eigenvalue weighted by Crippen LogP contribution is -2.18. The minimum absolute atomic E-state index is 0.0330. The SMILES string of the molecule is CC(C)(c1ccccc1)c1ccc2ccccc2c1. The highest BCUT2D eigenvalue weighted by Gasteiger charge is 2.22. The Balaban J connectivity index is 2.13. The molecule has 0 aromatic heterocycles. The summed E-state index contributed by atoms with van der Waals surface area (Å²) >= 11 is 0. The molecule has 0 saturated carbocycles. The lowest BCUT2D eigenvalue weighted by molar-refractivity contribution is 0.642. The van der Waals surface area contributed by atoms with Crippen LogP contribution in [0.5, 0.6) is 0 Å². The summed E-state index contributed by atoms with van der Waals surface area (Å²) in [5.74, 6) is 0. The molecule has 0 atom stereocenters. The molecule has 0 spiro atoms. The van der Waals surface area contributed by atoms with Crippen LogP contribution in [0.2, 0.25) is 0 Å². The van der Waals surface area contributed by atoms with E-state index in [9.17, 15) is 0 Å². The first-order chi connectivity index (χ1) is 9.18. The predicted octanol–water partition coefficient (Wildman–Crippen LogP) is 5.17. The van der Waals surface area contributed by atoms with Crippen molar-refractivity contribution >= 4 is 10.8 Å². The van der Waals surface area contributed by atoms with Crippen molar-refractivity contribution in [2.75, 3.05) is 0 Å². The zero-order valence-corrected chi connectivity index (χ0v) is 11.4. The van der Waals surface area contributed by atoms with Crippen molar-refractivity contribution < 1.29 is 0 Å². The van der Waals surface area contributed by atoms with Gasteiger partial charge in [0.25, 0.3) is 0 Å². The zero-order chi connectivity index (χ0) is 13.3. The van der Waals surface area contributed by atoms with Crippen LogP contribution >= 0.6 is 0 Å². The van der Waals surface area contributed by atoms with Gasteiger partial charge >= 0.3 is 0 Å². The van der Waals surface area contributed by atoms with E-state index in [2.05, 4.69) is 86.6 Å². The maximum Gasteiger partial charge on any atom is 0.0146 e. The van der Waals surface area contributed by atoms with Gasteiger partial charge in [0.15, 0.2) is 0 Å². The van der Waals surface area contributed by atoms with E-state index in [1.54, 1.807) is 0 Å². The molecule has 0 radical (unpaired) electrons. The van der Waals surface area contributed by atoms with Gasteiger partial charge in [-0.05, 0) is 21.9 Å². The van der Waals surface area contributed by atoms with Crippen LogP contribution in [0.25, 0.3) is 10.8 Å². The summed E-state index contributed by atoms with van der Waals surface area (Å²) in [7, 11) is 0. The summed E-state index contributed by atoms with van der Waals surface area (Å²) < 4.78 is 0. The summed E-state index contributed by atoms with van der Waals surface area (Å²) in [6.07, 6.45) is 0. The van der Waals surface area contributed by atoms with E-state index < -0.39 is 0 Å². The maximum atomic E-state index is 2.31. The highest BCUT2D eigenvalue weighted by Crippen LogP contribution is 2.32. The molecule has 94 valence electrons. The standard InChI is InChI=1S/C19H18/c1-19(2,17-10-4-3-5-11-17)18-13-12-15-8-6-7-9-16(15)14-18/h3-14H,1-2H3. The average molecular weight is 246 g/mol. The molecule has 0 heteroatoms. The van der Waals surface area contributed by atoms with Gasteiger partial charge in [-0.1, -0.05) is 86.6 Å². The summed E-state index contributed by atoms with van der Waals surface area (Å²) in [4.78, 5) is 0. The monoisotopic (exact) mass is 246 g/mol. The minimum Gasteiger partial charge on any atom is -0.0622 e. The van der Waals surface area contributed by atoms with Gasteiger partial charge in [0, 0.05) is 5.41 Å². The van der Waals surface area contributed by atoms with Crippen LogP contribution in [-0.4, -0.2) is 0 Å². The molecule has 19 heavy (non-hydrogen) atoms. The van der Waals surface area contributed by atoms with Crippen LogP contribution in [0.1, 0.15) is 25.0 Å². The molecule has 0 amide bonds. The number of hydrogen-bond donors (Lipinski definition) is 0. The molecule has 0 aliphatic rings. The Morgan fingerprint density at radius 3 is 1.95 bits per heavy atom. The molecule has 0 aliphatic heterocycles. The minimum atomic E-state index is 0.0330. The van der Waals surface area contributed by atoms with E-state index in [1.807, 2.05) is 0 Å². The molecular weight excluding hydrogens is 228 g/mol. The lowest BCUT2D eigenvalue weighted by Gasteiger charge is -2.26. The average Bonchev–Trinajstić information content (AvgIpc) is 2.47. The molecule has 0 bridgehead atoms. The van der Waals surface area contributed by atoms with E-state index in [1.165, 1.54) is 21.9 Å². The third kappa shape index (κ3) is 2.15. The largest absolute Gasteiger partial charge is 0.0622 e. The van der Waals surface area contributed by atoms with Crippen LogP contribution in [0.15, 0.2) is 72.8 Å². The van der Waals surface area contributed by atoms with Gasteiger partial charge in [0.2, 0.25) is 0 Å². The summed E-state index contributed by atoms with van der Waals surface area (Å²) in [6.45, 7) is 4.57. The highest BCUT2D eigenvalue weighted by molar-refractivity contribution is 5.83. The van der Waals surface area contributed by atoms with Gasteiger partial charge < -0.3 is 0 Å². The quantitative estimate of drug-likeness (QED) is 0.585. The molecule has 0 unspecified atom stereocenters. The second-order valence-corrected chi connectivity index (χ2v) is 5.55. The maximum absolute atomic E-state index is 2.31. The van der Waals surface area contributed by atoms with Crippen LogP contribution in [0.4, 0.5) is 0 Å². The Morgan fingerprint density at radius 2 is 1.21 bits per heavy atom. The molecular formula is C19H18. The van der Waals surface area contributed by atoms with Gasteiger partial charge in [-0.3, -0.25) is 0 Å². The van der Waals surface area contributed by atoms with E-state index in [0.29, 0.717) is 0 Å². The van der Waals surface area contributed by atoms with E-state index in [-0.39, 0.29) is 5.41 Å². The topological polar surface area (TPSA) is 0 Å². The lowest BCUT2D eigenvalue weighted by atomic mass is 9.77. The van der Waals surface area contributed by atoms with Crippen molar-refractivity contribution in [1.82, 2.24) is 0 Å². The fourth-order valence-corrected chi connectivity index (χ4v) is 2.60. The number of rotatable bonds is 2. The van der Waals surface area contributed by atoms with Gasteiger partial charge in [0.1, 0.15) is 0 Å². The van der Waals surface area contributed by atoms with Crippen molar-refractivity contribution in [1.29, 1.82) is 0 Å². The molecule has 0 heterocycles. The molecule has 3 aromatic carbocycles. The third-order valence-corrected chi connectivity index (χ3v) is 3.97. The Morgan fingerprint density at radius 1 is 0.579 bits per heavy atom. The first kappa shape index (κ1) is 12.0. The van der Waals surface area contributed by atoms with Gasteiger partial charge in [-0.25, -0.2) is 0 Å². The van der Waals surface area contributed by atoms with E-state index in [0.717, 1.165) is 0 Å². The van der Waals surface area contributed by atoms with Crippen LogP contribution in [0.3, 0.4) is 0 Å². The highest BCUT2D eigenvalue weighted by atomic mass is 14.3. The van der Waals surface area contributed by atoms with Crippen LogP contribution in [-0.2, 0) is 5.41 Å². The predicted molar refractivity (Wildman–Crippen MR) is 82.5 cm³/mol. The molecule has 0 aliphatic carbocycles. The van der Waals surface area contributed by atoms with E-state index in [4.69, 9.17) is 0 Å². The molecule has 3 rings (SSSR count). The fourth-order valence-electron chi connectivity index (χ4n) is 2.60. The Hall–Kier alpha value is -2.08. The number of fused-ring (bicyclic) bond motifs is 1. The fraction of sp³-hybridized carbons (Fsp3) is 0.158. The normalized spacial score (nSPS) is 11.7. The van der Waals surface area contributed by atoms with Gasteiger partial charge in [0.05, 0.1) is 0 Å². The molecule has 0 fully saturated rings. The summed E-state index contributed by atoms with van der Waals surface area (Å²) in [5.41, 5.74) is 2.74. The van der Waals surface area contributed by atoms with Crippen LogP contribution in [0, 0.1) is 0 Å². The molecule has 3 aromatic rings. The van der Waals surface area contributed by atoms with Crippen molar-refractivity contribution in [2.45, 2.75) is 19.3 Å². The number of benzene rings is 3. The molecule has 0 N–H and O–H groups in total. The van der Waals surface area contributed by atoms with Crippen molar-refractivity contribution in [3.63, 3.8) is 0 Å². The Kier molecular flexibility index (Phi) is 2.87. The number of hydrogen-bond acceptors (Lipinski definition) is 0. The first-order valence-corrected chi connectivity index (χ1v) is 6.73.